The molecule has 0 amide bonds. The average Bonchev–Trinajstić information content (AvgIpc) is 2.34. The fraction of sp³-hybridized carbons (Fsp3) is 0.571. The molecular weight excluding hydrogens is 314 g/mol. The summed E-state index contributed by atoms with van der Waals surface area (Å²) in [5, 5.41) is 0.626. The van der Waals surface area contributed by atoms with Gasteiger partial charge in [0.05, 0.1) is 16.3 Å². The van der Waals surface area contributed by atoms with Crippen molar-refractivity contribution in [2.75, 3.05) is 5.73 Å². The summed E-state index contributed by atoms with van der Waals surface area (Å²) in [5.74, 6) is 1.61. The number of rotatable bonds is 3. The minimum absolute atomic E-state index is 0.285. The first-order chi connectivity index (χ1) is 8.60. The van der Waals surface area contributed by atoms with Gasteiger partial charge in [0.1, 0.15) is 0 Å². The first kappa shape index (κ1) is 14.0. The second-order valence-electron chi connectivity index (χ2n) is 4.97. The van der Waals surface area contributed by atoms with E-state index in [0.29, 0.717) is 10.7 Å². The van der Waals surface area contributed by atoms with Crippen LogP contribution < -0.4 is 10.5 Å². The summed E-state index contributed by atoms with van der Waals surface area (Å²) in [4.78, 5) is 0. The molecule has 4 heteroatoms. The van der Waals surface area contributed by atoms with E-state index < -0.39 is 0 Å². The normalized spacial score (nSPS) is 23.9. The van der Waals surface area contributed by atoms with Crippen molar-refractivity contribution in [3.05, 3.63) is 21.6 Å². The molecule has 1 saturated carbocycles. The van der Waals surface area contributed by atoms with Gasteiger partial charge in [-0.3, -0.25) is 0 Å². The van der Waals surface area contributed by atoms with Crippen molar-refractivity contribution >= 4 is 33.2 Å². The van der Waals surface area contributed by atoms with Gasteiger partial charge in [-0.15, -0.1) is 0 Å². The first-order valence-electron chi connectivity index (χ1n) is 6.51. The summed E-state index contributed by atoms with van der Waals surface area (Å²) in [7, 11) is 0. The Morgan fingerprint density at radius 3 is 2.56 bits per heavy atom. The van der Waals surface area contributed by atoms with Crippen LogP contribution in [0.2, 0.25) is 5.02 Å². The van der Waals surface area contributed by atoms with Gasteiger partial charge < -0.3 is 10.5 Å². The predicted octanol–water partition coefficient (Wildman–Crippen LogP) is 5.03. The number of halogens is 2. The molecule has 100 valence electrons. The van der Waals surface area contributed by atoms with Gasteiger partial charge in [0, 0.05) is 5.02 Å². The fourth-order valence-electron chi connectivity index (χ4n) is 2.53. The Hall–Kier alpha value is -0.410. The second-order valence-corrected chi connectivity index (χ2v) is 6.27. The van der Waals surface area contributed by atoms with Crippen LogP contribution in [0.5, 0.6) is 5.75 Å². The van der Waals surface area contributed by atoms with E-state index in [4.69, 9.17) is 22.1 Å². The zero-order chi connectivity index (χ0) is 13.1. The lowest BCUT2D eigenvalue weighted by atomic mass is 9.86. The molecule has 0 aliphatic heterocycles. The number of anilines is 1. The summed E-state index contributed by atoms with van der Waals surface area (Å²) in [6, 6.07) is 3.56. The average molecular weight is 333 g/mol. The molecule has 0 unspecified atom stereocenters. The number of nitrogen functional groups attached to an aromatic ring is 1. The van der Waals surface area contributed by atoms with E-state index in [0.717, 1.165) is 29.0 Å². The van der Waals surface area contributed by atoms with Crippen molar-refractivity contribution in [2.45, 2.75) is 45.1 Å². The Morgan fingerprint density at radius 2 is 2.00 bits per heavy atom. The molecule has 1 aromatic carbocycles. The van der Waals surface area contributed by atoms with Crippen molar-refractivity contribution in [2.24, 2.45) is 5.92 Å². The van der Waals surface area contributed by atoms with Gasteiger partial charge in [-0.2, -0.15) is 0 Å². The summed E-state index contributed by atoms with van der Waals surface area (Å²) >= 11 is 9.40. The molecule has 2 N–H and O–H groups in total. The predicted molar refractivity (Wildman–Crippen MR) is 80.2 cm³/mol. The number of ether oxygens (including phenoxy) is 1. The zero-order valence-corrected chi connectivity index (χ0v) is 12.9. The summed E-state index contributed by atoms with van der Waals surface area (Å²) in [5.41, 5.74) is 6.56. The Kier molecular flexibility index (Phi) is 4.79. The quantitative estimate of drug-likeness (QED) is 0.788. The van der Waals surface area contributed by atoms with Crippen LogP contribution in [0.25, 0.3) is 0 Å². The van der Waals surface area contributed by atoms with Crippen molar-refractivity contribution < 1.29 is 4.74 Å². The maximum Gasteiger partial charge on any atom is 0.156 e. The van der Waals surface area contributed by atoms with Gasteiger partial charge in [-0.25, -0.2) is 0 Å². The van der Waals surface area contributed by atoms with E-state index in [1.807, 2.05) is 6.07 Å². The molecule has 0 spiro atoms. The minimum Gasteiger partial charge on any atom is -0.487 e. The van der Waals surface area contributed by atoms with Gasteiger partial charge in [0.25, 0.3) is 0 Å². The van der Waals surface area contributed by atoms with Crippen molar-refractivity contribution in [1.82, 2.24) is 0 Å². The lowest BCUT2D eigenvalue weighted by Gasteiger charge is -2.29. The highest BCUT2D eigenvalue weighted by molar-refractivity contribution is 9.10. The highest BCUT2D eigenvalue weighted by Gasteiger charge is 2.22. The third-order valence-electron chi connectivity index (χ3n) is 3.69. The smallest absolute Gasteiger partial charge is 0.156 e. The Labute approximate surface area is 122 Å². The van der Waals surface area contributed by atoms with E-state index in [1.54, 1.807) is 6.07 Å². The second kappa shape index (κ2) is 6.16. The van der Waals surface area contributed by atoms with Crippen LogP contribution in [0.3, 0.4) is 0 Å². The highest BCUT2D eigenvalue weighted by atomic mass is 79.9. The van der Waals surface area contributed by atoms with Crippen LogP contribution in [0.1, 0.15) is 39.0 Å². The molecule has 1 aromatic rings. The molecule has 18 heavy (non-hydrogen) atoms. The van der Waals surface area contributed by atoms with E-state index >= 15 is 0 Å². The molecule has 0 radical (unpaired) electrons. The van der Waals surface area contributed by atoms with E-state index in [1.165, 1.54) is 19.3 Å². The molecule has 0 aromatic heterocycles. The molecule has 1 aliphatic carbocycles. The van der Waals surface area contributed by atoms with Crippen molar-refractivity contribution in [3.63, 3.8) is 0 Å². The van der Waals surface area contributed by atoms with Crippen LogP contribution >= 0.6 is 27.5 Å². The molecule has 2 nitrogen and oxygen atoms in total. The number of benzene rings is 1. The monoisotopic (exact) mass is 331 g/mol. The lowest BCUT2D eigenvalue weighted by Crippen LogP contribution is -2.24. The summed E-state index contributed by atoms with van der Waals surface area (Å²) < 4.78 is 6.87. The number of nitrogens with two attached hydrogens (primary N) is 1. The van der Waals surface area contributed by atoms with Gasteiger partial charge in [-0.1, -0.05) is 24.9 Å². The number of hydrogen-bond acceptors (Lipinski definition) is 2. The van der Waals surface area contributed by atoms with Crippen molar-refractivity contribution in [3.8, 4) is 5.75 Å². The maximum absolute atomic E-state index is 6.03. The summed E-state index contributed by atoms with van der Waals surface area (Å²) in [6.45, 7) is 2.26. The minimum atomic E-state index is 0.285. The Balaban J connectivity index is 2.02. The third-order valence-corrected chi connectivity index (χ3v) is 4.50. The largest absolute Gasteiger partial charge is 0.487 e. The fourth-order valence-corrected chi connectivity index (χ4v) is 3.46. The third kappa shape index (κ3) is 3.33. The van der Waals surface area contributed by atoms with Crippen molar-refractivity contribution in [1.29, 1.82) is 0 Å². The van der Waals surface area contributed by atoms with Crippen LogP contribution in [0.15, 0.2) is 16.6 Å². The highest BCUT2D eigenvalue weighted by Crippen LogP contribution is 2.37. The molecule has 0 atom stereocenters. The maximum atomic E-state index is 6.03. The lowest BCUT2D eigenvalue weighted by molar-refractivity contribution is 0.130. The standard InChI is InChI=1S/C14H19BrClNO/c1-2-9-3-5-11(6-4-9)18-14-12(15)7-10(16)8-13(14)17/h7-9,11H,2-6,17H2,1H3. The topological polar surface area (TPSA) is 35.2 Å². The Bertz CT molecular complexity index is 393. The van der Waals surface area contributed by atoms with Crippen LogP contribution in [-0.4, -0.2) is 6.10 Å². The Morgan fingerprint density at radius 1 is 1.33 bits per heavy atom. The first-order valence-corrected chi connectivity index (χ1v) is 7.68. The molecule has 1 aliphatic rings. The molecular formula is C14H19BrClNO. The summed E-state index contributed by atoms with van der Waals surface area (Å²) in [6.07, 6.45) is 6.31. The van der Waals surface area contributed by atoms with Crippen LogP contribution in [0, 0.1) is 5.92 Å². The molecule has 0 bridgehead atoms. The van der Waals surface area contributed by atoms with E-state index in [-0.39, 0.29) is 6.10 Å². The SMILES string of the molecule is CCC1CCC(Oc2c(N)cc(Cl)cc2Br)CC1. The molecule has 2 rings (SSSR count). The molecule has 0 heterocycles. The van der Waals surface area contributed by atoms with Gasteiger partial charge >= 0.3 is 0 Å². The van der Waals surface area contributed by atoms with Gasteiger partial charge in [0.15, 0.2) is 5.75 Å². The van der Waals surface area contributed by atoms with Gasteiger partial charge in [0.2, 0.25) is 0 Å². The van der Waals surface area contributed by atoms with E-state index in [9.17, 15) is 0 Å². The zero-order valence-electron chi connectivity index (χ0n) is 10.6. The van der Waals surface area contributed by atoms with Crippen LogP contribution in [-0.2, 0) is 0 Å². The molecule has 0 saturated heterocycles. The number of hydrogen-bond donors (Lipinski definition) is 1. The van der Waals surface area contributed by atoms with Crippen LogP contribution in [0.4, 0.5) is 5.69 Å². The molecule has 1 fully saturated rings. The van der Waals surface area contributed by atoms with Gasteiger partial charge in [-0.05, 0) is 59.7 Å². The van der Waals surface area contributed by atoms with E-state index in [2.05, 4.69) is 22.9 Å².